The summed E-state index contributed by atoms with van der Waals surface area (Å²) in [6.07, 6.45) is -0.622. The molecule has 90 valence electrons. The van der Waals surface area contributed by atoms with Crippen LogP contribution < -0.4 is 10.5 Å². The number of hydrogen-bond acceptors (Lipinski definition) is 4. The number of benzene rings is 1. The van der Waals surface area contributed by atoms with E-state index in [1.807, 2.05) is 0 Å². The Labute approximate surface area is 93.5 Å². The Morgan fingerprint density at radius 1 is 1.56 bits per heavy atom. The lowest BCUT2D eigenvalue weighted by Crippen LogP contribution is -2.09. The van der Waals surface area contributed by atoms with Crippen LogP contribution in [-0.4, -0.2) is 23.9 Å². The second kappa shape index (κ2) is 5.14. The van der Waals surface area contributed by atoms with Crippen molar-refractivity contribution >= 4 is 0 Å². The van der Waals surface area contributed by atoms with Gasteiger partial charge >= 0.3 is 0 Å². The number of phenolic OH excluding ortho intramolecular Hbond substituents is 1. The van der Waals surface area contributed by atoms with Gasteiger partial charge in [0.25, 0.3) is 0 Å². The molecule has 0 spiro atoms. The molecule has 0 aliphatic rings. The predicted molar refractivity (Wildman–Crippen MR) is 58.0 cm³/mol. The third-order valence-electron chi connectivity index (χ3n) is 2.43. The molecule has 0 amide bonds. The Morgan fingerprint density at radius 3 is 2.69 bits per heavy atom. The average molecular weight is 229 g/mol. The molecule has 0 fully saturated rings. The first kappa shape index (κ1) is 12.7. The molecule has 0 heterocycles. The summed E-state index contributed by atoms with van der Waals surface area (Å²) in [5.74, 6) is -1.26. The van der Waals surface area contributed by atoms with Crippen molar-refractivity contribution in [1.82, 2.24) is 0 Å². The van der Waals surface area contributed by atoms with Gasteiger partial charge in [0, 0.05) is 5.56 Å². The van der Waals surface area contributed by atoms with Crippen LogP contribution in [0.4, 0.5) is 4.39 Å². The van der Waals surface area contributed by atoms with Gasteiger partial charge in [0.2, 0.25) is 0 Å². The second-order valence-electron chi connectivity index (χ2n) is 3.56. The second-order valence-corrected chi connectivity index (χ2v) is 3.56. The molecule has 4 N–H and O–H groups in total. The minimum absolute atomic E-state index is 0.253. The van der Waals surface area contributed by atoms with E-state index in [0.29, 0.717) is 12.0 Å². The summed E-state index contributed by atoms with van der Waals surface area (Å²) in [4.78, 5) is 0. The summed E-state index contributed by atoms with van der Waals surface area (Å²) in [5.41, 5.74) is 6.06. The third kappa shape index (κ3) is 2.25. The van der Waals surface area contributed by atoms with Crippen LogP contribution in [0.5, 0.6) is 11.5 Å². The number of nitrogens with two attached hydrogens (primary N) is 1. The van der Waals surface area contributed by atoms with Gasteiger partial charge in [0.05, 0.1) is 13.2 Å². The fourth-order valence-corrected chi connectivity index (χ4v) is 1.67. The highest BCUT2D eigenvalue weighted by atomic mass is 19.1. The maximum absolute atomic E-state index is 13.3. The fraction of sp³-hybridized carbons (Fsp3) is 0.455. The van der Waals surface area contributed by atoms with E-state index in [4.69, 9.17) is 10.5 Å². The Hall–Kier alpha value is -1.33. The Morgan fingerprint density at radius 2 is 2.19 bits per heavy atom. The number of phenols is 1. The molecule has 1 aromatic carbocycles. The van der Waals surface area contributed by atoms with Crippen LogP contribution in [0.15, 0.2) is 6.07 Å². The molecule has 0 aliphatic heterocycles. The standard InChI is InChI=1S/C11H16FNO3/c1-6-5-7(12)11(16-2)10(15)9(6)8(14)3-4-13/h5,8,14-15H,3-4,13H2,1-2H3. The van der Waals surface area contributed by atoms with Gasteiger partial charge in [-0.3, -0.25) is 0 Å². The highest BCUT2D eigenvalue weighted by molar-refractivity contribution is 5.51. The first-order valence-electron chi connectivity index (χ1n) is 4.97. The molecule has 1 rings (SSSR count). The number of aryl methyl sites for hydroxylation is 1. The largest absolute Gasteiger partial charge is 0.504 e. The number of aliphatic hydroxyl groups is 1. The van der Waals surface area contributed by atoms with E-state index >= 15 is 0 Å². The lowest BCUT2D eigenvalue weighted by molar-refractivity contribution is 0.164. The van der Waals surface area contributed by atoms with Gasteiger partial charge in [0.1, 0.15) is 0 Å². The number of rotatable bonds is 4. The number of aromatic hydroxyl groups is 1. The van der Waals surface area contributed by atoms with E-state index in [-0.39, 0.29) is 23.6 Å². The molecule has 1 aromatic rings. The zero-order valence-corrected chi connectivity index (χ0v) is 9.33. The van der Waals surface area contributed by atoms with E-state index in [0.717, 1.165) is 0 Å². The fourth-order valence-electron chi connectivity index (χ4n) is 1.67. The van der Waals surface area contributed by atoms with Crippen molar-refractivity contribution in [3.05, 3.63) is 23.0 Å². The van der Waals surface area contributed by atoms with Crippen LogP contribution >= 0.6 is 0 Å². The van der Waals surface area contributed by atoms with Crippen molar-refractivity contribution in [3.63, 3.8) is 0 Å². The highest BCUT2D eigenvalue weighted by Crippen LogP contribution is 2.39. The van der Waals surface area contributed by atoms with Crippen molar-refractivity contribution < 1.29 is 19.3 Å². The van der Waals surface area contributed by atoms with Crippen molar-refractivity contribution in [3.8, 4) is 11.5 Å². The van der Waals surface area contributed by atoms with Gasteiger partial charge in [-0.2, -0.15) is 0 Å². The smallest absolute Gasteiger partial charge is 0.196 e. The lowest BCUT2D eigenvalue weighted by atomic mass is 9.99. The minimum atomic E-state index is -0.917. The molecule has 1 atom stereocenters. The first-order valence-corrected chi connectivity index (χ1v) is 4.97. The van der Waals surface area contributed by atoms with Crippen LogP contribution in [0.3, 0.4) is 0 Å². The molecule has 0 bridgehead atoms. The van der Waals surface area contributed by atoms with E-state index in [9.17, 15) is 14.6 Å². The quantitative estimate of drug-likeness (QED) is 0.725. The Bertz CT molecular complexity index is 382. The number of hydrogen-bond donors (Lipinski definition) is 3. The maximum Gasteiger partial charge on any atom is 0.196 e. The van der Waals surface area contributed by atoms with E-state index in [1.54, 1.807) is 6.92 Å². The summed E-state index contributed by atoms with van der Waals surface area (Å²) < 4.78 is 18.1. The van der Waals surface area contributed by atoms with Gasteiger partial charge in [-0.15, -0.1) is 0 Å². The monoisotopic (exact) mass is 229 g/mol. The van der Waals surface area contributed by atoms with Gasteiger partial charge in [0.15, 0.2) is 17.3 Å². The molecule has 0 radical (unpaired) electrons. The SMILES string of the molecule is COc1c(F)cc(C)c(C(O)CCN)c1O. The maximum atomic E-state index is 13.3. The number of halogens is 1. The summed E-state index contributed by atoms with van der Waals surface area (Å²) in [6, 6.07) is 1.22. The zero-order chi connectivity index (χ0) is 12.3. The summed E-state index contributed by atoms with van der Waals surface area (Å²) in [5, 5.41) is 19.6. The average Bonchev–Trinajstić information content (AvgIpc) is 2.17. The van der Waals surface area contributed by atoms with Crippen LogP contribution in [-0.2, 0) is 0 Å². The van der Waals surface area contributed by atoms with E-state index in [1.165, 1.54) is 13.2 Å². The van der Waals surface area contributed by atoms with Crippen LogP contribution in [0.1, 0.15) is 23.7 Å². The lowest BCUT2D eigenvalue weighted by Gasteiger charge is -2.17. The van der Waals surface area contributed by atoms with Gasteiger partial charge in [-0.25, -0.2) is 4.39 Å². The van der Waals surface area contributed by atoms with Crippen LogP contribution in [0.25, 0.3) is 0 Å². The van der Waals surface area contributed by atoms with Crippen molar-refractivity contribution in [2.45, 2.75) is 19.4 Å². The van der Waals surface area contributed by atoms with Gasteiger partial charge in [-0.1, -0.05) is 0 Å². The topological polar surface area (TPSA) is 75.7 Å². The van der Waals surface area contributed by atoms with E-state index < -0.39 is 11.9 Å². The highest BCUT2D eigenvalue weighted by Gasteiger charge is 2.21. The predicted octanol–water partition coefficient (Wildman–Crippen LogP) is 1.23. The molecule has 0 aliphatic carbocycles. The molecular formula is C11H16FNO3. The molecule has 4 nitrogen and oxygen atoms in total. The van der Waals surface area contributed by atoms with Gasteiger partial charge < -0.3 is 20.7 Å². The van der Waals surface area contributed by atoms with Crippen LogP contribution in [0, 0.1) is 12.7 Å². The molecule has 16 heavy (non-hydrogen) atoms. The molecule has 5 heteroatoms. The van der Waals surface area contributed by atoms with Crippen molar-refractivity contribution in [1.29, 1.82) is 0 Å². The summed E-state index contributed by atoms with van der Waals surface area (Å²) in [7, 11) is 1.26. The first-order chi connectivity index (χ1) is 7.52. The minimum Gasteiger partial charge on any atom is -0.504 e. The number of aliphatic hydroxyl groups excluding tert-OH is 1. The summed E-state index contributed by atoms with van der Waals surface area (Å²) in [6.45, 7) is 1.89. The Balaban J connectivity index is 3.27. The normalized spacial score (nSPS) is 12.6. The molecule has 0 saturated carbocycles. The molecule has 0 saturated heterocycles. The third-order valence-corrected chi connectivity index (χ3v) is 2.43. The van der Waals surface area contributed by atoms with Crippen LogP contribution in [0.2, 0.25) is 0 Å². The number of methoxy groups -OCH3 is 1. The van der Waals surface area contributed by atoms with Gasteiger partial charge in [-0.05, 0) is 31.5 Å². The molecular weight excluding hydrogens is 213 g/mol. The van der Waals surface area contributed by atoms with Crippen molar-refractivity contribution in [2.24, 2.45) is 5.73 Å². The van der Waals surface area contributed by atoms with E-state index in [2.05, 4.69) is 0 Å². The van der Waals surface area contributed by atoms with Crippen molar-refractivity contribution in [2.75, 3.05) is 13.7 Å². The number of ether oxygens (including phenoxy) is 1. The molecule has 1 unspecified atom stereocenters. The molecule has 0 aromatic heterocycles. The Kier molecular flexibility index (Phi) is 4.09. The zero-order valence-electron chi connectivity index (χ0n) is 9.33. The summed E-state index contributed by atoms with van der Waals surface area (Å²) >= 11 is 0.